The molecule has 0 spiro atoms. The predicted octanol–water partition coefficient (Wildman–Crippen LogP) is 4.64. The Kier molecular flexibility index (Phi) is 5.21. The average Bonchev–Trinajstić information content (AvgIpc) is 3.03. The van der Waals surface area contributed by atoms with E-state index in [0.29, 0.717) is 35.7 Å². The van der Waals surface area contributed by atoms with Gasteiger partial charge in [0.25, 0.3) is 0 Å². The fourth-order valence-electron chi connectivity index (χ4n) is 2.56. The molecular formula is C18H18F3N5O2. The van der Waals surface area contributed by atoms with E-state index in [-0.39, 0.29) is 5.75 Å². The van der Waals surface area contributed by atoms with Gasteiger partial charge >= 0.3 is 6.36 Å². The molecule has 3 aromatic rings. The molecule has 2 heterocycles. The van der Waals surface area contributed by atoms with Crippen LogP contribution in [0.2, 0.25) is 0 Å². The fraction of sp³-hybridized carbons (Fsp3) is 0.333. The molecule has 1 N–H and O–H groups in total. The van der Waals surface area contributed by atoms with E-state index >= 15 is 0 Å². The fourth-order valence-corrected chi connectivity index (χ4v) is 2.56. The minimum atomic E-state index is -4.77. The summed E-state index contributed by atoms with van der Waals surface area (Å²) in [6, 6.07) is 9.08. The lowest BCUT2D eigenvalue weighted by Gasteiger charge is -2.15. The van der Waals surface area contributed by atoms with Gasteiger partial charge < -0.3 is 10.1 Å². The summed E-state index contributed by atoms with van der Waals surface area (Å²) in [5.41, 5.74) is 0.847. The van der Waals surface area contributed by atoms with E-state index in [1.807, 2.05) is 0 Å². The Morgan fingerprint density at radius 3 is 2.71 bits per heavy atom. The molecule has 0 aliphatic rings. The van der Waals surface area contributed by atoms with Crippen molar-refractivity contribution < 1.29 is 17.9 Å². The number of rotatable bonds is 7. The minimum absolute atomic E-state index is 0.321. The second kappa shape index (κ2) is 7.45. The molecule has 0 aliphatic heterocycles. The van der Waals surface area contributed by atoms with Gasteiger partial charge in [-0.2, -0.15) is 4.91 Å². The summed E-state index contributed by atoms with van der Waals surface area (Å²) >= 11 is 0. The van der Waals surface area contributed by atoms with Crippen LogP contribution < -0.4 is 10.1 Å². The first-order valence-corrected chi connectivity index (χ1v) is 8.46. The Bertz CT molecular complexity index is 985. The predicted molar refractivity (Wildman–Crippen MR) is 98.1 cm³/mol. The molecule has 0 amide bonds. The van der Waals surface area contributed by atoms with E-state index in [4.69, 9.17) is 0 Å². The van der Waals surface area contributed by atoms with Gasteiger partial charge in [0.1, 0.15) is 11.6 Å². The zero-order chi connectivity index (χ0) is 20.4. The molecule has 0 saturated heterocycles. The van der Waals surface area contributed by atoms with Crippen molar-refractivity contribution >= 4 is 11.5 Å². The number of imidazole rings is 1. The normalized spacial score (nSPS) is 12.2. The molecule has 148 valence electrons. The first-order chi connectivity index (χ1) is 13.2. The SMILES string of the molecule is CC(C)(CCNc1ccc2ncc(-c3cccc(OC(F)(F)F)c3)n2n1)N=O. The molecule has 0 saturated carbocycles. The summed E-state index contributed by atoms with van der Waals surface area (Å²) in [4.78, 5) is 15.0. The number of ether oxygens (including phenoxy) is 1. The first kappa shape index (κ1) is 19.6. The van der Waals surface area contributed by atoms with Crippen LogP contribution in [0.3, 0.4) is 0 Å². The third-order valence-electron chi connectivity index (χ3n) is 4.02. The largest absolute Gasteiger partial charge is 0.573 e. The van der Waals surface area contributed by atoms with Crippen LogP contribution >= 0.6 is 0 Å². The summed E-state index contributed by atoms with van der Waals surface area (Å²) in [5.74, 6) is 0.217. The summed E-state index contributed by atoms with van der Waals surface area (Å²) in [6.07, 6.45) is -2.72. The Hall–Kier alpha value is -3.17. The Morgan fingerprint density at radius 1 is 1.21 bits per heavy atom. The molecule has 0 unspecified atom stereocenters. The molecule has 0 bridgehead atoms. The molecule has 0 aliphatic carbocycles. The molecule has 2 aromatic heterocycles. The summed E-state index contributed by atoms with van der Waals surface area (Å²) in [7, 11) is 0. The zero-order valence-electron chi connectivity index (χ0n) is 15.2. The highest BCUT2D eigenvalue weighted by Gasteiger charge is 2.31. The summed E-state index contributed by atoms with van der Waals surface area (Å²) < 4.78 is 42.9. The third-order valence-corrected chi connectivity index (χ3v) is 4.02. The van der Waals surface area contributed by atoms with Gasteiger partial charge in [-0.3, -0.25) is 0 Å². The number of nitrogens with one attached hydrogen (secondary N) is 1. The maximum atomic E-state index is 12.5. The summed E-state index contributed by atoms with van der Waals surface area (Å²) in [6.45, 7) is 3.96. The van der Waals surface area contributed by atoms with Crippen LogP contribution in [0.1, 0.15) is 20.3 Å². The lowest BCUT2D eigenvalue weighted by atomic mass is 10.0. The van der Waals surface area contributed by atoms with E-state index in [1.54, 1.807) is 32.0 Å². The van der Waals surface area contributed by atoms with E-state index < -0.39 is 11.9 Å². The van der Waals surface area contributed by atoms with Crippen LogP contribution in [0.5, 0.6) is 5.75 Å². The third kappa shape index (κ3) is 4.76. The number of halogens is 3. The number of aromatic nitrogens is 3. The number of nitrogens with zero attached hydrogens (tertiary/aromatic N) is 4. The van der Waals surface area contributed by atoms with E-state index in [0.717, 1.165) is 0 Å². The number of alkyl halides is 3. The van der Waals surface area contributed by atoms with Crippen LogP contribution in [0, 0.1) is 4.91 Å². The lowest BCUT2D eigenvalue weighted by molar-refractivity contribution is -0.274. The molecule has 28 heavy (non-hydrogen) atoms. The van der Waals surface area contributed by atoms with Crippen LogP contribution in [-0.4, -0.2) is 33.0 Å². The van der Waals surface area contributed by atoms with Crippen molar-refractivity contribution in [2.45, 2.75) is 32.2 Å². The molecule has 1 aromatic carbocycles. The van der Waals surface area contributed by atoms with Gasteiger partial charge in [-0.25, -0.2) is 9.50 Å². The molecular weight excluding hydrogens is 375 g/mol. The van der Waals surface area contributed by atoms with Crippen LogP contribution in [0.4, 0.5) is 19.0 Å². The van der Waals surface area contributed by atoms with Gasteiger partial charge in [-0.15, -0.1) is 18.3 Å². The highest BCUT2D eigenvalue weighted by Crippen LogP contribution is 2.28. The van der Waals surface area contributed by atoms with E-state index in [9.17, 15) is 18.1 Å². The van der Waals surface area contributed by atoms with Crippen LogP contribution in [0.15, 0.2) is 47.8 Å². The van der Waals surface area contributed by atoms with Gasteiger partial charge in [-0.1, -0.05) is 17.3 Å². The standard InChI is InChI=1S/C18H18F3N5O2/c1-17(2,25-27)8-9-22-15-6-7-16-23-11-14(26(16)24-15)12-4-3-5-13(10-12)28-18(19,20)21/h3-7,10-11H,8-9H2,1-2H3,(H,22,24). The molecule has 7 nitrogen and oxygen atoms in total. The number of benzene rings is 1. The summed E-state index contributed by atoms with van der Waals surface area (Å²) in [5, 5.41) is 10.6. The highest BCUT2D eigenvalue weighted by atomic mass is 19.4. The van der Waals surface area contributed by atoms with Crippen molar-refractivity contribution in [3.8, 4) is 17.0 Å². The van der Waals surface area contributed by atoms with Crippen molar-refractivity contribution in [2.75, 3.05) is 11.9 Å². The van der Waals surface area contributed by atoms with Gasteiger partial charge in [0, 0.05) is 12.1 Å². The van der Waals surface area contributed by atoms with Crippen LogP contribution in [0.25, 0.3) is 16.9 Å². The second-order valence-electron chi connectivity index (χ2n) is 6.79. The number of hydrogen-bond donors (Lipinski definition) is 1. The topological polar surface area (TPSA) is 80.9 Å². The van der Waals surface area contributed by atoms with Crippen molar-refractivity contribution in [2.24, 2.45) is 5.18 Å². The number of fused-ring (bicyclic) bond motifs is 1. The van der Waals surface area contributed by atoms with Crippen molar-refractivity contribution in [3.05, 3.63) is 47.5 Å². The Labute approximate surface area is 158 Å². The van der Waals surface area contributed by atoms with Gasteiger partial charge in [0.15, 0.2) is 5.65 Å². The van der Waals surface area contributed by atoms with Crippen molar-refractivity contribution in [1.29, 1.82) is 0 Å². The maximum Gasteiger partial charge on any atom is 0.573 e. The molecule has 0 fully saturated rings. The second-order valence-corrected chi connectivity index (χ2v) is 6.79. The first-order valence-electron chi connectivity index (χ1n) is 8.46. The monoisotopic (exact) mass is 393 g/mol. The van der Waals surface area contributed by atoms with Crippen molar-refractivity contribution in [3.63, 3.8) is 0 Å². The van der Waals surface area contributed by atoms with E-state index in [1.165, 1.54) is 28.9 Å². The minimum Gasteiger partial charge on any atom is -0.406 e. The number of hydrogen-bond acceptors (Lipinski definition) is 6. The maximum absolute atomic E-state index is 12.5. The molecule has 0 atom stereocenters. The Morgan fingerprint density at radius 2 is 2.00 bits per heavy atom. The number of anilines is 1. The average molecular weight is 393 g/mol. The molecule has 10 heteroatoms. The highest BCUT2D eigenvalue weighted by molar-refractivity contribution is 5.65. The van der Waals surface area contributed by atoms with Gasteiger partial charge in [-0.05, 0) is 44.5 Å². The van der Waals surface area contributed by atoms with E-state index in [2.05, 4.69) is 25.3 Å². The van der Waals surface area contributed by atoms with Crippen LogP contribution in [-0.2, 0) is 0 Å². The zero-order valence-corrected chi connectivity index (χ0v) is 15.2. The van der Waals surface area contributed by atoms with Gasteiger partial charge in [0.05, 0.1) is 17.4 Å². The lowest BCUT2D eigenvalue weighted by Crippen LogP contribution is -2.20. The van der Waals surface area contributed by atoms with Gasteiger partial charge in [0.2, 0.25) is 0 Å². The Balaban J connectivity index is 1.85. The number of nitroso groups, excluding NO2 is 1. The smallest absolute Gasteiger partial charge is 0.406 e. The van der Waals surface area contributed by atoms with Crippen molar-refractivity contribution in [1.82, 2.24) is 14.6 Å². The molecule has 0 radical (unpaired) electrons. The molecule has 3 rings (SSSR count). The quantitative estimate of drug-likeness (QED) is 0.592.